The molecule has 1 N–H and O–H groups in total. The zero-order valence-electron chi connectivity index (χ0n) is 8.53. The van der Waals surface area contributed by atoms with Crippen molar-refractivity contribution in [2.45, 2.75) is 19.1 Å². The van der Waals surface area contributed by atoms with Crippen molar-refractivity contribution in [1.29, 1.82) is 0 Å². The fourth-order valence-corrected chi connectivity index (χ4v) is 1.71. The van der Waals surface area contributed by atoms with Crippen LogP contribution in [0.1, 0.15) is 24.8 Å². The van der Waals surface area contributed by atoms with Crippen molar-refractivity contribution in [3.8, 4) is 0 Å². The van der Waals surface area contributed by atoms with E-state index in [1.54, 1.807) is 0 Å². The lowest BCUT2D eigenvalue weighted by Crippen LogP contribution is -2.40. The van der Waals surface area contributed by atoms with Gasteiger partial charge in [-0.1, -0.05) is 6.58 Å². The third-order valence-electron chi connectivity index (χ3n) is 2.50. The van der Waals surface area contributed by atoms with Crippen LogP contribution in [0.3, 0.4) is 0 Å². The number of nitrogens with zero attached hydrogens (tertiary/aromatic N) is 1. The maximum atomic E-state index is 13.5. The second-order valence-corrected chi connectivity index (χ2v) is 3.50. The molecule has 5 nitrogen and oxygen atoms in total. The van der Waals surface area contributed by atoms with Gasteiger partial charge < -0.3 is 9.72 Å². The smallest absolute Gasteiger partial charge is 0.331 e. The maximum absolute atomic E-state index is 13.5. The van der Waals surface area contributed by atoms with Crippen LogP contribution in [-0.2, 0) is 4.74 Å². The molecule has 16 heavy (non-hydrogen) atoms. The van der Waals surface area contributed by atoms with Gasteiger partial charge in [0.25, 0.3) is 5.56 Å². The summed E-state index contributed by atoms with van der Waals surface area (Å²) in [5.41, 5.74) is -1.83. The summed E-state index contributed by atoms with van der Waals surface area (Å²) in [6, 6.07) is 0. The first-order chi connectivity index (χ1) is 7.65. The number of aromatic amines is 1. The lowest BCUT2D eigenvalue weighted by Gasteiger charge is -2.12. The molecule has 1 atom stereocenters. The second kappa shape index (κ2) is 4.05. The van der Waals surface area contributed by atoms with Gasteiger partial charge in [0.05, 0.1) is 5.69 Å². The molecule has 6 heteroatoms. The molecule has 1 unspecified atom stereocenters. The number of ether oxygens (including phenoxy) is 1. The summed E-state index contributed by atoms with van der Waals surface area (Å²) in [4.78, 5) is 25.4. The number of nitrogens with one attached hydrogen (secondary N) is 1. The number of hydrogen-bond donors (Lipinski definition) is 1. The van der Waals surface area contributed by atoms with Gasteiger partial charge >= 0.3 is 5.69 Å². The van der Waals surface area contributed by atoms with Gasteiger partial charge in [0.15, 0.2) is 0 Å². The first-order valence-corrected chi connectivity index (χ1v) is 4.93. The van der Waals surface area contributed by atoms with E-state index in [1.165, 1.54) is 0 Å². The Kier molecular flexibility index (Phi) is 2.74. The van der Waals surface area contributed by atoms with Gasteiger partial charge in [0.2, 0.25) is 5.82 Å². The fourth-order valence-electron chi connectivity index (χ4n) is 1.71. The number of aromatic nitrogens is 2. The van der Waals surface area contributed by atoms with Crippen LogP contribution in [0.4, 0.5) is 4.39 Å². The highest BCUT2D eigenvalue weighted by Crippen LogP contribution is 2.19. The van der Waals surface area contributed by atoms with E-state index in [0.29, 0.717) is 13.0 Å². The van der Waals surface area contributed by atoms with Gasteiger partial charge in [0, 0.05) is 6.61 Å². The van der Waals surface area contributed by atoms with E-state index in [2.05, 4.69) is 11.6 Å². The molecule has 1 aromatic rings. The monoisotopic (exact) mass is 226 g/mol. The normalized spacial score (nSPS) is 19.9. The summed E-state index contributed by atoms with van der Waals surface area (Å²) >= 11 is 0. The molecule has 0 radical (unpaired) electrons. The summed E-state index contributed by atoms with van der Waals surface area (Å²) in [5, 5.41) is 0. The zero-order chi connectivity index (χ0) is 11.7. The Morgan fingerprint density at radius 1 is 1.56 bits per heavy atom. The van der Waals surface area contributed by atoms with Crippen molar-refractivity contribution in [3.63, 3.8) is 0 Å². The average molecular weight is 226 g/mol. The topological polar surface area (TPSA) is 64.1 Å². The summed E-state index contributed by atoms with van der Waals surface area (Å²) in [7, 11) is 0. The van der Waals surface area contributed by atoms with Gasteiger partial charge in [-0.15, -0.1) is 0 Å². The van der Waals surface area contributed by atoms with E-state index < -0.39 is 23.3 Å². The molecule has 1 fully saturated rings. The third-order valence-corrected chi connectivity index (χ3v) is 2.50. The van der Waals surface area contributed by atoms with Crippen LogP contribution in [-0.4, -0.2) is 16.2 Å². The van der Waals surface area contributed by atoms with E-state index in [1.807, 2.05) is 0 Å². The predicted molar refractivity (Wildman–Crippen MR) is 55.6 cm³/mol. The largest absolute Gasteiger partial charge is 0.358 e. The van der Waals surface area contributed by atoms with Crippen molar-refractivity contribution >= 4 is 6.08 Å². The molecule has 0 saturated carbocycles. The molecule has 2 rings (SSSR count). The summed E-state index contributed by atoms with van der Waals surface area (Å²) in [5.74, 6) is -1.01. The minimum atomic E-state index is -1.01. The Bertz CT molecular complexity index is 526. The van der Waals surface area contributed by atoms with Crippen LogP contribution in [0.2, 0.25) is 0 Å². The molecule has 2 heterocycles. The van der Waals surface area contributed by atoms with Gasteiger partial charge in [-0.2, -0.15) is 4.39 Å². The lowest BCUT2D eigenvalue weighted by molar-refractivity contribution is 0.0490. The van der Waals surface area contributed by atoms with Gasteiger partial charge in [-0.3, -0.25) is 4.79 Å². The Morgan fingerprint density at radius 2 is 2.31 bits per heavy atom. The van der Waals surface area contributed by atoms with Gasteiger partial charge in [0.1, 0.15) is 6.23 Å². The van der Waals surface area contributed by atoms with Crippen LogP contribution in [0.5, 0.6) is 0 Å². The highest BCUT2D eigenvalue weighted by atomic mass is 19.1. The van der Waals surface area contributed by atoms with Crippen LogP contribution >= 0.6 is 0 Å². The molecule has 0 amide bonds. The SMILES string of the molecule is C=Cc1[nH]c(=O)n(C2CCCO2)c(=O)c1F. The standard InChI is InChI=1S/C10H11FN2O3/c1-2-6-8(11)9(14)13(10(15)12-6)7-4-3-5-16-7/h2,7H,1,3-5H2,(H,12,15). The van der Waals surface area contributed by atoms with Crippen molar-refractivity contribution in [3.05, 3.63) is 38.9 Å². The maximum Gasteiger partial charge on any atom is 0.331 e. The summed E-state index contributed by atoms with van der Waals surface area (Å²) in [6.07, 6.45) is 1.72. The van der Waals surface area contributed by atoms with Crippen LogP contribution in [0.25, 0.3) is 6.08 Å². The molecule has 0 aliphatic carbocycles. The molecular weight excluding hydrogens is 215 g/mol. The number of H-pyrrole nitrogens is 1. The van der Waals surface area contributed by atoms with Crippen LogP contribution in [0, 0.1) is 5.82 Å². The van der Waals surface area contributed by atoms with Crippen molar-refractivity contribution in [2.24, 2.45) is 0 Å². The highest BCUT2D eigenvalue weighted by molar-refractivity contribution is 5.40. The third kappa shape index (κ3) is 1.61. The first kappa shape index (κ1) is 10.8. The number of halogens is 1. The molecule has 0 spiro atoms. The predicted octanol–water partition coefficient (Wildman–Crippen LogP) is 0.628. The van der Waals surface area contributed by atoms with Crippen LogP contribution in [0.15, 0.2) is 16.2 Å². The van der Waals surface area contributed by atoms with Gasteiger partial charge in [-0.05, 0) is 18.9 Å². The van der Waals surface area contributed by atoms with Crippen molar-refractivity contribution < 1.29 is 9.13 Å². The molecule has 0 aromatic carbocycles. The van der Waals surface area contributed by atoms with Crippen molar-refractivity contribution in [1.82, 2.24) is 9.55 Å². The Balaban J connectivity index is 2.62. The molecular formula is C10H11FN2O3. The molecule has 1 aromatic heterocycles. The molecule has 86 valence electrons. The lowest BCUT2D eigenvalue weighted by atomic mass is 10.3. The first-order valence-electron chi connectivity index (χ1n) is 4.93. The Labute approximate surface area is 90.2 Å². The van der Waals surface area contributed by atoms with Crippen LogP contribution < -0.4 is 11.2 Å². The van der Waals surface area contributed by atoms with E-state index in [9.17, 15) is 14.0 Å². The van der Waals surface area contributed by atoms with E-state index in [4.69, 9.17) is 4.74 Å². The number of rotatable bonds is 2. The fraction of sp³-hybridized carbons (Fsp3) is 0.400. The number of hydrogen-bond acceptors (Lipinski definition) is 3. The molecule has 1 aliphatic heterocycles. The minimum absolute atomic E-state index is 0.191. The van der Waals surface area contributed by atoms with E-state index in [-0.39, 0.29) is 5.69 Å². The minimum Gasteiger partial charge on any atom is -0.358 e. The summed E-state index contributed by atoms with van der Waals surface area (Å²) in [6.45, 7) is 3.79. The summed E-state index contributed by atoms with van der Waals surface area (Å²) < 4.78 is 19.4. The highest BCUT2D eigenvalue weighted by Gasteiger charge is 2.23. The average Bonchev–Trinajstić information content (AvgIpc) is 2.77. The molecule has 1 saturated heterocycles. The van der Waals surface area contributed by atoms with Crippen molar-refractivity contribution in [2.75, 3.05) is 6.61 Å². The quantitative estimate of drug-likeness (QED) is 0.804. The second-order valence-electron chi connectivity index (χ2n) is 3.50. The zero-order valence-corrected chi connectivity index (χ0v) is 8.53. The van der Waals surface area contributed by atoms with Gasteiger partial charge in [-0.25, -0.2) is 9.36 Å². The van der Waals surface area contributed by atoms with E-state index >= 15 is 0 Å². The molecule has 0 bridgehead atoms. The Morgan fingerprint density at radius 3 is 2.88 bits per heavy atom. The molecule has 1 aliphatic rings. The Hall–Kier alpha value is -1.69. The van der Waals surface area contributed by atoms with E-state index in [0.717, 1.165) is 17.1 Å².